The summed E-state index contributed by atoms with van der Waals surface area (Å²) in [5.74, 6) is 0. The largest absolute Gasteiger partial charge is 0.332 e. The van der Waals surface area contributed by atoms with Crippen LogP contribution in [0.15, 0.2) is 38.6 Å². The first kappa shape index (κ1) is 15.1. The third kappa shape index (κ3) is 2.30. The standard InChI is InChI=1S/C14H12BrClN4O2/c1-18-11-10(12(21)19(2)14(18)22)20(13(15)17-11)7-8-3-5-9(16)6-4-8/h3-6H,7H2,1-2H3. The van der Waals surface area contributed by atoms with Crippen LogP contribution in [0.3, 0.4) is 0 Å². The summed E-state index contributed by atoms with van der Waals surface area (Å²) in [5, 5.41) is 0.650. The van der Waals surface area contributed by atoms with Gasteiger partial charge in [0.15, 0.2) is 15.9 Å². The molecule has 0 saturated heterocycles. The summed E-state index contributed by atoms with van der Waals surface area (Å²) >= 11 is 9.25. The first-order chi connectivity index (χ1) is 10.4. The first-order valence-corrected chi connectivity index (χ1v) is 7.63. The number of aromatic nitrogens is 4. The molecular formula is C14H12BrClN4O2. The maximum Gasteiger partial charge on any atom is 0.332 e. The summed E-state index contributed by atoms with van der Waals surface area (Å²) in [6.45, 7) is 0.446. The lowest BCUT2D eigenvalue weighted by Gasteiger charge is -2.07. The molecule has 8 heteroatoms. The summed E-state index contributed by atoms with van der Waals surface area (Å²) in [5.41, 5.74) is 0.937. The van der Waals surface area contributed by atoms with E-state index in [0.717, 1.165) is 10.1 Å². The van der Waals surface area contributed by atoms with Gasteiger partial charge in [0.1, 0.15) is 0 Å². The van der Waals surface area contributed by atoms with E-state index in [1.165, 1.54) is 11.6 Å². The molecular weight excluding hydrogens is 372 g/mol. The van der Waals surface area contributed by atoms with Gasteiger partial charge in [0, 0.05) is 19.1 Å². The summed E-state index contributed by atoms with van der Waals surface area (Å²) in [7, 11) is 3.05. The van der Waals surface area contributed by atoms with E-state index in [1.807, 2.05) is 12.1 Å². The van der Waals surface area contributed by atoms with Gasteiger partial charge in [-0.2, -0.15) is 0 Å². The van der Waals surface area contributed by atoms with Crippen LogP contribution < -0.4 is 11.2 Å². The van der Waals surface area contributed by atoms with Crippen LogP contribution in [-0.2, 0) is 20.6 Å². The monoisotopic (exact) mass is 382 g/mol. The quantitative estimate of drug-likeness (QED) is 0.635. The highest BCUT2D eigenvalue weighted by molar-refractivity contribution is 9.10. The van der Waals surface area contributed by atoms with Crippen LogP contribution in [0.2, 0.25) is 5.02 Å². The average molecular weight is 384 g/mol. The molecule has 2 heterocycles. The van der Waals surface area contributed by atoms with Crippen molar-refractivity contribution < 1.29 is 0 Å². The van der Waals surface area contributed by atoms with Gasteiger partial charge < -0.3 is 4.57 Å². The highest BCUT2D eigenvalue weighted by Gasteiger charge is 2.17. The molecule has 6 nitrogen and oxygen atoms in total. The van der Waals surface area contributed by atoms with Crippen molar-refractivity contribution in [3.05, 3.63) is 60.4 Å². The van der Waals surface area contributed by atoms with Crippen molar-refractivity contribution in [2.24, 2.45) is 14.1 Å². The van der Waals surface area contributed by atoms with E-state index < -0.39 is 5.69 Å². The number of imidazole rings is 1. The molecule has 0 N–H and O–H groups in total. The van der Waals surface area contributed by atoms with E-state index in [1.54, 1.807) is 23.7 Å². The van der Waals surface area contributed by atoms with Gasteiger partial charge in [0.25, 0.3) is 5.56 Å². The number of benzene rings is 1. The van der Waals surface area contributed by atoms with Gasteiger partial charge in [-0.15, -0.1) is 0 Å². The number of nitrogens with zero attached hydrogens (tertiary/aromatic N) is 4. The number of fused-ring (bicyclic) bond motifs is 1. The van der Waals surface area contributed by atoms with Gasteiger partial charge in [-0.1, -0.05) is 23.7 Å². The number of hydrogen-bond donors (Lipinski definition) is 0. The Morgan fingerprint density at radius 3 is 2.41 bits per heavy atom. The Morgan fingerprint density at radius 1 is 1.14 bits per heavy atom. The zero-order valence-electron chi connectivity index (χ0n) is 11.9. The van der Waals surface area contributed by atoms with Gasteiger partial charge in [-0.3, -0.25) is 13.9 Å². The third-order valence-corrected chi connectivity index (χ3v) is 4.41. The summed E-state index contributed by atoms with van der Waals surface area (Å²) < 4.78 is 4.67. The van der Waals surface area contributed by atoms with Crippen LogP contribution >= 0.6 is 27.5 Å². The van der Waals surface area contributed by atoms with E-state index in [-0.39, 0.29) is 5.56 Å². The molecule has 0 fully saturated rings. The fourth-order valence-electron chi connectivity index (χ4n) is 2.34. The second kappa shape index (κ2) is 5.40. The number of rotatable bonds is 2. The maximum absolute atomic E-state index is 12.4. The lowest BCUT2D eigenvalue weighted by Crippen LogP contribution is -2.37. The smallest absolute Gasteiger partial charge is 0.308 e. The normalized spacial score (nSPS) is 11.3. The lowest BCUT2D eigenvalue weighted by molar-refractivity contribution is 0.702. The lowest BCUT2D eigenvalue weighted by atomic mass is 10.2. The Morgan fingerprint density at radius 2 is 1.77 bits per heavy atom. The predicted molar refractivity (Wildman–Crippen MR) is 88.5 cm³/mol. The summed E-state index contributed by atoms with van der Waals surface area (Å²) in [4.78, 5) is 28.7. The Bertz CT molecular complexity index is 985. The maximum atomic E-state index is 12.4. The molecule has 22 heavy (non-hydrogen) atoms. The molecule has 0 spiro atoms. The minimum absolute atomic E-state index is 0.355. The Labute approximate surface area is 138 Å². The minimum atomic E-state index is -0.402. The van der Waals surface area contributed by atoms with E-state index in [0.29, 0.717) is 27.5 Å². The van der Waals surface area contributed by atoms with Crippen LogP contribution in [0.4, 0.5) is 0 Å². The average Bonchev–Trinajstić information content (AvgIpc) is 2.82. The highest BCUT2D eigenvalue weighted by atomic mass is 79.9. The molecule has 0 amide bonds. The van der Waals surface area contributed by atoms with Gasteiger partial charge in [0.05, 0.1) is 6.54 Å². The molecule has 3 aromatic rings. The molecule has 2 aromatic heterocycles. The van der Waals surface area contributed by atoms with Gasteiger partial charge in [-0.05, 0) is 33.6 Å². The molecule has 0 aliphatic rings. The van der Waals surface area contributed by atoms with Crippen LogP contribution in [0.1, 0.15) is 5.56 Å². The van der Waals surface area contributed by atoms with E-state index in [2.05, 4.69) is 20.9 Å². The van der Waals surface area contributed by atoms with Crippen LogP contribution in [-0.4, -0.2) is 18.7 Å². The topological polar surface area (TPSA) is 61.8 Å². The zero-order valence-corrected chi connectivity index (χ0v) is 14.2. The molecule has 0 aliphatic carbocycles. The van der Waals surface area contributed by atoms with Crippen molar-refractivity contribution in [1.82, 2.24) is 18.7 Å². The van der Waals surface area contributed by atoms with Crippen LogP contribution in [0.25, 0.3) is 11.2 Å². The molecule has 0 atom stereocenters. The molecule has 3 rings (SSSR count). The molecule has 0 unspecified atom stereocenters. The van der Waals surface area contributed by atoms with E-state index in [9.17, 15) is 9.59 Å². The third-order valence-electron chi connectivity index (χ3n) is 3.56. The highest BCUT2D eigenvalue weighted by Crippen LogP contribution is 2.19. The molecule has 114 valence electrons. The number of hydrogen-bond acceptors (Lipinski definition) is 3. The van der Waals surface area contributed by atoms with Gasteiger partial charge in [-0.25, -0.2) is 9.78 Å². The SMILES string of the molecule is Cn1c(=O)c2c(nc(Br)n2Cc2ccc(Cl)cc2)n(C)c1=O. The molecule has 1 aromatic carbocycles. The Hall–Kier alpha value is -1.86. The molecule has 0 radical (unpaired) electrons. The van der Waals surface area contributed by atoms with E-state index in [4.69, 9.17) is 11.6 Å². The van der Waals surface area contributed by atoms with Crippen molar-refractivity contribution in [2.75, 3.05) is 0 Å². The van der Waals surface area contributed by atoms with Crippen molar-refractivity contribution >= 4 is 38.7 Å². The molecule has 0 aliphatic heterocycles. The minimum Gasteiger partial charge on any atom is -0.308 e. The zero-order chi connectivity index (χ0) is 16.0. The number of halogens is 2. The van der Waals surface area contributed by atoms with Crippen LogP contribution in [0, 0.1) is 0 Å². The van der Waals surface area contributed by atoms with Gasteiger partial charge >= 0.3 is 5.69 Å². The summed E-state index contributed by atoms with van der Waals surface area (Å²) in [6.07, 6.45) is 0. The Balaban J connectivity index is 2.26. The number of aryl methyl sites for hydroxylation is 1. The van der Waals surface area contributed by atoms with Gasteiger partial charge in [0.2, 0.25) is 0 Å². The first-order valence-electron chi connectivity index (χ1n) is 6.46. The molecule has 0 bridgehead atoms. The predicted octanol–water partition coefficient (Wildman–Crippen LogP) is 1.90. The fourth-order valence-corrected chi connectivity index (χ4v) is 2.93. The van der Waals surface area contributed by atoms with Crippen molar-refractivity contribution in [3.8, 4) is 0 Å². The Kier molecular flexibility index (Phi) is 3.70. The summed E-state index contributed by atoms with van der Waals surface area (Å²) in [6, 6.07) is 7.34. The second-order valence-electron chi connectivity index (χ2n) is 4.97. The fraction of sp³-hybridized carbons (Fsp3) is 0.214. The van der Waals surface area contributed by atoms with E-state index >= 15 is 0 Å². The van der Waals surface area contributed by atoms with Crippen molar-refractivity contribution in [1.29, 1.82) is 0 Å². The van der Waals surface area contributed by atoms with Crippen molar-refractivity contribution in [3.63, 3.8) is 0 Å². The second-order valence-corrected chi connectivity index (χ2v) is 6.12. The van der Waals surface area contributed by atoms with Crippen LogP contribution in [0.5, 0.6) is 0 Å². The van der Waals surface area contributed by atoms with Crippen molar-refractivity contribution in [2.45, 2.75) is 6.54 Å². The molecule has 0 saturated carbocycles.